The monoisotopic (exact) mass is 387 g/mol. The highest BCUT2D eigenvalue weighted by Crippen LogP contribution is 2.39. The van der Waals surface area contributed by atoms with Gasteiger partial charge in [0.2, 0.25) is 0 Å². The number of rotatable bonds is 7. The van der Waals surface area contributed by atoms with Crippen LogP contribution in [0.1, 0.15) is 48.5 Å². The zero-order valence-corrected chi connectivity index (χ0v) is 18.7. The molecule has 0 aromatic heterocycles. The minimum Gasteiger partial charge on any atom is -0.399 e. The van der Waals surface area contributed by atoms with Crippen molar-refractivity contribution in [2.75, 3.05) is 13.1 Å². The van der Waals surface area contributed by atoms with Crippen LogP contribution < -0.4 is 0 Å². The lowest BCUT2D eigenvalue weighted by molar-refractivity contribution is 0.00578. The summed E-state index contributed by atoms with van der Waals surface area (Å²) in [5, 5.41) is 8.61. The summed E-state index contributed by atoms with van der Waals surface area (Å²) >= 11 is 1.73. The van der Waals surface area contributed by atoms with Crippen molar-refractivity contribution >= 4 is 26.3 Å². The van der Waals surface area contributed by atoms with Crippen molar-refractivity contribution in [1.82, 2.24) is 4.31 Å². The molecule has 0 aromatic carbocycles. The van der Waals surface area contributed by atoms with Gasteiger partial charge in [-0.05, 0) is 70.0 Å². The van der Waals surface area contributed by atoms with Crippen molar-refractivity contribution in [3.8, 4) is 5.97 Å². The second kappa shape index (κ2) is 10.6. The summed E-state index contributed by atoms with van der Waals surface area (Å²) in [6.07, 6.45) is 6.87. The number of nitrogens with zero attached hydrogens (tertiary/aromatic N) is 2. The van der Waals surface area contributed by atoms with E-state index in [9.17, 15) is 0 Å². The highest BCUT2D eigenvalue weighted by molar-refractivity contribution is 8.01. The molecule has 147 valence electrons. The predicted octanol–water partition coefficient (Wildman–Crippen LogP) is 4.84. The summed E-state index contributed by atoms with van der Waals surface area (Å²) < 4.78 is 14.6. The molecule has 0 saturated carbocycles. The molecule has 0 spiro atoms. The molecule has 2 fully saturated rings. The van der Waals surface area contributed by atoms with E-state index < -0.39 is 7.12 Å². The molecule has 2 rings (SSSR count). The van der Waals surface area contributed by atoms with Crippen molar-refractivity contribution in [3.05, 3.63) is 35.2 Å². The van der Waals surface area contributed by atoms with Crippen molar-refractivity contribution in [2.24, 2.45) is 5.92 Å². The fraction of sp³-hybridized carbons (Fsp3) is 0.650. The van der Waals surface area contributed by atoms with Crippen LogP contribution in [-0.4, -0.2) is 43.0 Å². The van der Waals surface area contributed by atoms with Crippen molar-refractivity contribution in [2.45, 2.75) is 66.0 Å². The van der Waals surface area contributed by atoms with E-state index in [0.29, 0.717) is 5.92 Å². The van der Waals surface area contributed by atoms with Crippen LogP contribution in [0.25, 0.3) is 0 Å². The average Bonchev–Trinajstić information content (AvgIpc) is 2.81. The van der Waals surface area contributed by atoms with Gasteiger partial charge in [-0.25, -0.2) is 9.57 Å². The van der Waals surface area contributed by atoms with E-state index in [1.54, 1.807) is 19.2 Å². The van der Waals surface area contributed by atoms with Crippen LogP contribution in [-0.2, 0) is 9.31 Å². The van der Waals surface area contributed by atoms with Gasteiger partial charge in [-0.15, -0.1) is 0 Å². The maximum absolute atomic E-state index is 8.61. The van der Waals surface area contributed by atoms with Gasteiger partial charge in [-0.2, -0.15) is 0 Å². The maximum atomic E-state index is 8.61. The highest BCUT2D eigenvalue weighted by atomic mass is 32.2. The first-order valence-electron chi connectivity index (χ1n) is 9.72. The Bertz CT molecular complexity index is 590. The van der Waals surface area contributed by atoms with E-state index in [1.807, 2.05) is 26.8 Å². The molecule has 0 unspecified atom stereocenters. The van der Waals surface area contributed by atoms with Crippen LogP contribution in [0.3, 0.4) is 0 Å². The summed E-state index contributed by atoms with van der Waals surface area (Å²) in [4.78, 5) is 1.15. The molecule has 0 bridgehead atoms. The fourth-order valence-corrected chi connectivity index (χ4v) is 3.81. The van der Waals surface area contributed by atoms with Crippen LogP contribution in [0.15, 0.2) is 35.2 Å². The Balaban J connectivity index is 0.00000176. The van der Waals surface area contributed by atoms with Gasteiger partial charge >= 0.3 is 7.12 Å². The molecule has 27 heavy (non-hydrogen) atoms. The first-order valence-corrected chi connectivity index (χ1v) is 10.5. The molecule has 0 aliphatic carbocycles. The first-order chi connectivity index (χ1) is 12.7. The number of nitriles is 1. The molecule has 2 aliphatic rings. The largest absolute Gasteiger partial charge is 0.494 e. The Hall–Kier alpha value is -0.930. The molecule has 2 aliphatic heterocycles. The van der Waals surface area contributed by atoms with E-state index >= 15 is 0 Å². The quantitative estimate of drug-likeness (QED) is 0.355. The van der Waals surface area contributed by atoms with Gasteiger partial charge < -0.3 is 9.31 Å². The van der Waals surface area contributed by atoms with Gasteiger partial charge in [0.1, 0.15) is 0 Å². The van der Waals surface area contributed by atoms with Crippen LogP contribution in [0, 0.1) is 17.1 Å². The van der Waals surface area contributed by atoms with Gasteiger partial charge in [-0.1, -0.05) is 38.9 Å². The zero-order chi connectivity index (χ0) is 20.7. The third-order valence-corrected chi connectivity index (χ3v) is 6.18. The van der Waals surface area contributed by atoms with E-state index in [2.05, 4.69) is 56.7 Å². The fourth-order valence-electron chi connectivity index (χ4n) is 2.64. The van der Waals surface area contributed by atoms with Crippen molar-refractivity contribution in [3.63, 3.8) is 0 Å². The molecule has 0 N–H and O–H groups in total. The molecule has 2 saturated heterocycles. The molecular formula is C20H33B2N2O2S. The second-order valence-corrected chi connectivity index (χ2v) is 8.67. The molecule has 1 radical (unpaired) electrons. The Morgan fingerprint density at radius 1 is 1.30 bits per heavy atom. The molecule has 0 atom stereocenters. The molecule has 2 heterocycles. The summed E-state index contributed by atoms with van der Waals surface area (Å²) in [7, 11) is 1.30. The second-order valence-electron chi connectivity index (χ2n) is 7.50. The van der Waals surface area contributed by atoms with Crippen LogP contribution in [0.4, 0.5) is 0 Å². The minimum absolute atomic E-state index is 0.356. The Morgan fingerprint density at radius 3 is 2.30 bits per heavy atom. The molecule has 0 amide bonds. The minimum atomic E-state index is -0.396. The standard InChI is InChI=1S/C18H27B2N2O2S.C2H6/c1-7-15(20-23-17(3,4)18(5,6)24-20)9-16(8-2)25-22-11-14(12-22)10-19-13-21;1-2/h7-9,14H,1,10-12H2,2-6H3;1-2H3/b15-9+,16-8+;. The summed E-state index contributed by atoms with van der Waals surface area (Å²) in [6.45, 7) is 20.2. The van der Waals surface area contributed by atoms with Gasteiger partial charge in [0.25, 0.3) is 7.28 Å². The maximum Gasteiger partial charge on any atom is 0.494 e. The van der Waals surface area contributed by atoms with Crippen molar-refractivity contribution in [1.29, 1.82) is 5.26 Å². The van der Waals surface area contributed by atoms with Gasteiger partial charge in [0.15, 0.2) is 0 Å². The van der Waals surface area contributed by atoms with Crippen molar-refractivity contribution < 1.29 is 9.31 Å². The topological polar surface area (TPSA) is 45.5 Å². The van der Waals surface area contributed by atoms with Crippen LogP contribution in [0.5, 0.6) is 0 Å². The number of hydrogen-bond acceptors (Lipinski definition) is 5. The zero-order valence-electron chi connectivity index (χ0n) is 17.9. The Kier molecular flexibility index (Phi) is 9.44. The van der Waals surface area contributed by atoms with Gasteiger partial charge in [-0.3, -0.25) is 0 Å². The SMILES string of the molecule is C=C/C(=C\C(=C/C)SN1CC(C[B]C#N)C1)B1OC(C)(C)C(C)(C)O1.CC. The first kappa shape index (κ1) is 24.1. The van der Waals surface area contributed by atoms with E-state index in [-0.39, 0.29) is 11.2 Å². The molecule has 7 heteroatoms. The molecule has 0 aromatic rings. The lowest BCUT2D eigenvalue weighted by Gasteiger charge is -2.38. The summed E-state index contributed by atoms with van der Waals surface area (Å²) in [5.41, 5.74) is 0.227. The van der Waals surface area contributed by atoms with E-state index in [4.69, 9.17) is 14.6 Å². The third-order valence-electron chi connectivity index (χ3n) is 5.06. The predicted molar refractivity (Wildman–Crippen MR) is 118 cm³/mol. The normalized spacial score (nSPS) is 22.4. The Labute approximate surface area is 171 Å². The highest BCUT2D eigenvalue weighted by Gasteiger charge is 2.52. The van der Waals surface area contributed by atoms with Gasteiger partial charge in [0.05, 0.1) is 11.2 Å². The smallest absolute Gasteiger partial charge is 0.399 e. The average molecular weight is 387 g/mol. The van der Waals surface area contributed by atoms with E-state index in [1.165, 1.54) is 0 Å². The summed E-state index contributed by atoms with van der Waals surface area (Å²) in [6, 6.07) is 0. The number of allylic oxidation sites excluding steroid dienone is 4. The summed E-state index contributed by atoms with van der Waals surface area (Å²) in [5.74, 6) is 2.70. The lowest BCUT2D eigenvalue weighted by Crippen LogP contribution is -2.42. The third kappa shape index (κ3) is 6.29. The van der Waals surface area contributed by atoms with Gasteiger partial charge in [0, 0.05) is 18.0 Å². The Morgan fingerprint density at radius 2 is 1.85 bits per heavy atom. The number of hydrogen-bond donors (Lipinski definition) is 0. The van der Waals surface area contributed by atoms with Crippen LogP contribution >= 0.6 is 11.9 Å². The van der Waals surface area contributed by atoms with Crippen LogP contribution in [0.2, 0.25) is 6.32 Å². The molecular weight excluding hydrogens is 354 g/mol. The lowest BCUT2D eigenvalue weighted by atomic mass is 9.70. The van der Waals surface area contributed by atoms with E-state index in [0.717, 1.165) is 29.8 Å². The molecule has 4 nitrogen and oxygen atoms in total.